The minimum absolute atomic E-state index is 0.393. The van der Waals surface area contributed by atoms with Crippen molar-refractivity contribution in [3.05, 3.63) is 29.8 Å². The van der Waals surface area contributed by atoms with Crippen LogP contribution < -0.4 is 5.32 Å². The van der Waals surface area contributed by atoms with Gasteiger partial charge in [0.1, 0.15) is 0 Å². The number of nitrogens with one attached hydrogen (secondary N) is 1. The van der Waals surface area contributed by atoms with Gasteiger partial charge in [0.15, 0.2) is 0 Å². The van der Waals surface area contributed by atoms with E-state index in [9.17, 15) is 5.11 Å². The van der Waals surface area contributed by atoms with Gasteiger partial charge in [-0.2, -0.15) is 0 Å². The topological polar surface area (TPSA) is 32.3 Å². The molecule has 1 atom stereocenters. The Balaban J connectivity index is 1.99. The van der Waals surface area contributed by atoms with E-state index in [-0.39, 0.29) is 0 Å². The number of hydrogen-bond donors (Lipinski definition) is 2. The Hall–Kier alpha value is -1.02. The predicted octanol–water partition coefficient (Wildman–Crippen LogP) is 2.95. The summed E-state index contributed by atoms with van der Waals surface area (Å²) in [6.45, 7) is 2.85. The van der Waals surface area contributed by atoms with Gasteiger partial charge >= 0.3 is 0 Å². The maximum atomic E-state index is 9.60. The van der Waals surface area contributed by atoms with Crippen LogP contribution in [0, 0.1) is 5.92 Å². The third-order valence-corrected chi connectivity index (χ3v) is 3.22. The van der Waals surface area contributed by atoms with Crippen molar-refractivity contribution in [1.29, 1.82) is 0 Å². The van der Waals surface area contributed by atoms with Crippen molar-refractivity contribution in [1.82, 2.24) is 0 Å². The largest absolute Gasteiger partial charge is 0.389 e. The van der Waals surface area contributed by atoms with Crippen LogP contribution in [0.25, 0.3) is 0 Å². The molecule has 2 nitrogen and oxygen atoms in total. The van der Waals surface area contributed by atoms with Crippen molar-refractivity contribution in [2.75, 3.05) is 11.9 Å². The van der Waals surface area contributed by atoms with Crippen molar-refractivity contribution in [2.45, 2.75) is 32.3 Å². The molecule has 1 aliphatic rings. The quantitative estimate of drug-likeness (QED) is 0.792. The highest BCUT2D eigenvalue weighted by atomic mass is 16.3. The predicted molar refractivity (Wildman–Crippen MR) is 62.9 cm³/mol. The summed E-state index contributed by atoms with van der Waals surface area (Å²) in [6, 6.07) is 8.00. The molecule has 2 heteroatoms. The minimum Gasteiger partial charge on any atom is -0.389 e. The number of anilines is 1. The summed E-state index contributed by atoms with van der Waals surface area (Å²) in [6.07, 6.45) is 3.69. The first kappa shape index (κ1) is 10.5. The van der Waals surface area contributed by atoms with Crippen molar-refractivity contribution in [3.63, 3.8) is 0 Å². The van der Waals surface area contributed by atoms with E-state index in [2.05, 4.69) is 5.32 Å². The van der Waals surface area contributed by atoms with Gasteiger partial charge in [-0.05, 0) is 31.7 Å². The molecule has 1 unspecified atom stereocenters. The first-order valence-electron chi connectivity index (χ1n) is 5.78. The Morgan fingerprint density at radius 3 is 2.73 bits per heavy atom. The fourth-order valence-electron chi connectivity index (χ4n) is 1.97. The van der Waals surface area contributed by atoms with Crippen LogP contribution in [0.3, 0.4) is 0 Å². The number of rotatable bonds is 4. The molecule has 1 aliphatic carbocycles. The van der Waals surface area contributed by atoms with Gasteiger partial charge in [0.2, 0.25) is 0 Å². The van der Waals surface area contributed by atoms with E-state index in [0.29, 0.717) is 0 Å². The fraction of sp³-hybridized carbons (Fsp3) is 0.538. The van der Waals surface area contributed by atoms with Crippen LogP contribution in [-0.2, 0) is 0 Å². The summed E-state index contributed by atoms with van der Waals surface area (Å²) in [5.41, 5.74) is 2.08. The van der Waals surface area contributed by atoms with Crippen molar-refractivity contribution in [2.24, 2.45) is 5.92 Å². The molecular formula is C13H19NO. The lowest BCUT2D eigenvalue weighted by molar-refractivity contribution is 0.200. The van der Waals surface area contributed by atoms with Crippen LogP contribution in [0.1, 0.15) is 37.9 Å². The molecule has 0 bridgehead atoms. The average molecular weight is 205 g/mol. The van der Waals surface area contributed by atoms with Crippen molar-refractivity contribution < 1.29 is 5.11 Å². The number of aliphatic hydroxyl groups excluding tert-OH is 1. The highest BCUT2D eigenvalue weighted by Gasteiger charge is 2.17. The molecule has 0 heterocycles. The van der Waals surface area contributed by atoms with Gasteiger partial charge in [-0.25, -0.2) is 0 Å². The molecule has 0 saturated heterocycles. The first-order chi connectivity index (χ1) is 7.27. The second-order valence-corrected chi connectivity index (χ2v) is 4.44. The Morgan fingerprint density at radius 1 is 1.40 bits per heavy atom. The Labute approximate surface area is 91.3 Å². The summed E-state index contributed by atoms with van der Waals surface area (Å²) in [5.74, 6) is 0.840. The van der Waals surface area contributed by atoms with Crippen LogP contribution in [-0.4, -0.2) is 11.7 Å². The zero-order chi connectivity index (χ0) is 10.7. The van der Waals surface area contributed by atoms with E-state index in [0.717, 1.165) is 23.7 Å². The fourth-order valence-corrected chi connectivity index (χ4v) is 1.97. The third kappa shape index (κ3) is 2.51. The lowest BCUT2D eigenvalue weighted by atomic mass is 9.85. The molecule has 1 saturated carbocycles. The normalized spacial score (nSPS) is 18.3. The molecule has 15 heavy (non-hydrogen) atoms. The highest BCUT2D eigenvalue weighted by Crippen LogP contribution is 2.28. The number of aliphatic hydroxyl groups is 1. The molecule has 0 spiro atoms. The maximum absolute atomic E-state index is 9.60. The van der Waals surface area contributed by atoms with Gasteiger partial charge in [0.25, 0.3) is 0 Å². The summed E-state index contributed by atoms with van der Waals surface area (Å²) >= 11 is 0. The van der Waals surface area contributed by atoms with E-state index < -0.39 is 6.10 Å². The van der Waals surface area contributed by atoms with E-state index >= 15 is 0 Å². The van der Waals surface area contributed by atoms with Crippen LogP contribution in [0.15, 0.2) is 24.3 Å². The molecule has 1 aromatic carbocycles. The van der Waals surface area contributed by atoms with Crippen LogP contribution in [0.5, 0.6) is 0 Å². The Morgan fingerprint density at radius 2 is 2.13 bits per heavy atom. The molecule has 2 N–H and O–H groups in total. The number of hydrogen-bond acceptors (Lipinski definition) is 2. The van der Waals surface area contributed by atoms with Crippen LogP contribution in [0.2, 0.25) is 0 Å². The van der Waals surface area contributed by atoms with Crippen LogP contribution >= 0.6 is 0 Å². The Bertz CT molecular complexity index is 318. The monoisotopic (exact) mass is 205 g/mol. The van der Waals surface area contributed by atoms with Crippen molar-refractivity contribution in [3.8, 4) is 0 Å². The van der Waals surface area contributed by atoms with Gasteiger partial charge in [-0.15, -0.1) is 0 Å². The standard InChI is InChI=1S/C13H19NO/c1-10(15)12-7-2-3-8-13(12)14-9-11-5-4-6-11/h2-3,7-8,10-11,14-15H,4-6,9H2,1H3. The van der Waals surface area contributed by atoms with Gasteiger partial charge in [0.05, 0.1) is 6.10 Å². The summed E-state index contributed by atoms with van der Waals surface area (Å²) < 4.78 is 0. The van der Waals surface area contributed by atoms with Gasteiger partial charge in [-0.1, -0.05) is 24.6 Å². The van der Waals surface area contributed by atoms with Gasteiger partial charge < -0.3 is 10.4 Å². The smallest absolute Gasteiger partial charge is 0.0781 e. The second kappa shape index (κ2) is 4.67. The summed E-state index contributed by atoms with van der Waals surface area (Å²) in [7, 11) is 0. The second-order valence-electron chi connectivity index (χ2n) is 4.44. The highest BCUT2D eigenvalue weighted by molar-refractivity contribution is 5.52. The molecule has 1 fully saturated rings. The van der Waals surface area contributed by atoms with Crippen LogP contribution in [0.4, 0.5) is 5.69 Å². The lowest BCUT2D eigenvalue weighted by Gasteiger charge is -2.26. The molecule has 2 rings (SSSR count). The molecule has 0 aromatic heterocycles. The molecule has 82 valence electrons. The molecular weight excluding hydrogens is 186 g/mol. The molecule has 1 aromatic rings. The van der Waals surface area contributed by atoms with E-state index in [1.165, 1.54) is 19.3 Å². The van der Waals surface area contributed by atoms with E-state index in [1.54, 1.807) is 0 Å². The zero-order valence-corrected chi connectivity index (χ0v) is 9.24. The maximum Gasteiger partial charge on any atom is 0.0781 e. The van der Waals surface area contributed by atoms with Crippen molar-refractivity contribution >= 4 is 5.69 Å². The number of para-hydroxylation sites is 1. The zero-order valence-electron chi connectivity index (χ0n) is 9.24. The Kier molecular flexibility index (Phi) is 3.27. The summed E-state index contributed by atoms with van der Waals surface area (Å²) in [4.78, 5) is 0. The third-order valence-electron chi connectivity index (χ3n) is 3.22. The molecule has 0 radical (unpaired) electrons. The average Bonchev–Trinajstić information content (AvgIpc) is 2.16. The number of benzene rings is 1. The summed E-state index contributed by atoms with van der Waals surface area (Å²) in [5, 5.41) is 13.0. The SMILES string of the molecule is CC(O)c1ccccc1NCC1CCC1. The first-order valence-corrected chi connectivity index (χ1v) is 5.78. The van der Waals surface area contributed by atoms with Gasteiger partial charge in [0, 0.05) is 17.8 Å². The van der Waals surface area contributed by atoms with Gasteiger partial charge in [-0.3, -0.25) is 0 Å². The molecule has 0 aliphatic heterocycles. The minimum atomic E-state index is -0.393. The van der Waals surface area contributed by atoms with E-state index in [4.69, 9.17) is 0 Å². The lowest BCUT2D eigenvalue weighted by Crippen LogP contribution is -2.21. The van der Waals surface area contributed by atoms with E-state index in [1.807, 2.05) is 31.2 Å². The molecule has 0 amide bonds.